The highest BCUT2D eigenvalue weighted by atomic mass is 32.2. The number of aliphatic carboxylic acids is 1. The molecular weight excluding hydrogens is 466 g/mol. The van der Waals surface area contributed by atoms with E-state index < -0.39 is 5.97 Å². The summed E-state index contributed by atoms with van der Waals surface area (Å²) in [6.07, 6.45) is 11.2. The SMILES string of the molecule is O=C(O)CC1(CSC2c3ccccc3COc3ccc(C=Cc4ccc5c(n4)CCCC5)cc32)CC1. The van der Waals surface area contributed by atoms with E-state index in [0.29, 0.717) is 6.61 Å². The quantitative estimate of drug-likeness (QED) is 0.377. The number of carboxylic acid groups (broad SMARTS) is 1. The normalized spacial score (nSPS) is 19.5. The summed E-state index contributed by atoms with van der Waals surface area (Å²) in [5, 5.41) is 9.51. The minimum atomic E-state index is -0.693. The van der Waals surface area contributed by atoms with Crippen LogP contribution >= 0.6 is 11.8 Å². The molecule has 4 nitrogen and oxygen atoms in total. The lowest BCUT2D eigenvalue weighted by Crippen LogP contribution is -2.12. The van der Waals surface area contributed by atoms with Crippen molar-refractivity contribution in [3.8, 4) is 5.75 Å². The lowest BCUT2D eigenvalue weighted by molar-refractivity contribution is -0.138. The van der Waals surface area contributed by atoms with Crippen molar-refractivity contribution in [1.29, 1.82) is 0 Å². The van der Waals surface area contributed by atoms with E-state index in [2.05, 4.69) is 66.7 Å². The van der Waals surface area contributed by atoms with E-state index in [1.54, 1.807) is 0 Å². The van der Waals surface area contributed by atoms with Crippen molar-refractivity contribution in [2.45, 2.75) is 56.8 Å². The molecule has 0 spiro atoms. The Morgan fingerprint density at radius 3 is 2.75 bits per heavy atom. The maximum atomic E-state index is 11.4. The van der Waals surface area contributed by atoms with E-state index in [4.69, 9.17) is 9.72 Å². The zero-order valence-corrected chi connectivity index (χ0v) is 21.2. The van der Waals surface area contributed by atoms with Crippen LogP contribution in [0.15, 0.2) is 54.6 Å². The van der Waals surface area contributed by atoms with E-state index in [1.165, 1.54) is 35.2 Å². The van der Waals surface area contributed by atoms with Crippen LogP contribution in [0, 0.1) is 5.41 Å². The van der Waals surface area contributed by atoms with Crippen LogP contribution in [0.2, 0.25) is 0 Å². The van der Waals surface area contributed by atoms with Crippen LogP contribution in [0.1, 0.15) is 76.6 Å². The molecule has 3 aromatic rings. The molecule has 0 bridgehead atoms. The van der Waals surface area contributed by atoms with Gasteiger partial charge in [-0.05, 0) is 90.5 Å². The van der Waals surface area contributed by atoms with Gasteiger partial charge in [-0.1, -0.05) is 42.5 Å². The highest BCUT2D eigenvalue weighted by Crippen LogP contribution is 2.55. The number of hydrogen-bond acceptors (Lipinski definition) is 4. The molecule has 5 heteroatoms. The van der Waals surface area contributed by atoms with E-state index in [9.17, 15) is 9.90 Å². The van der Waals surface area contributed by atoms with Gasteiger partial charge in [-0.15, -0.1) is 11.8 Å². The zero-order chi connectivity index (χ0) is 24.5. The summed E-state index contributed by atoms with van der Waals surface area (Å²) >= 11 is 1.87. The molecule has 2 aromatic carbocycles. The molecule has 1 saturated carbocycles. The molecule has 3 aliphatic rings. The molecule has 0 radical (unpaired) electrons. The molecule has 2 aliphatic carbocycles. The Bertz CT molecular complexity index is 1330. The standard InChI is InChI=1S/C31H31NO3S/c33-29(34)18-31(15-16-31)20-36-30-25-7-3-1-6-23(25)19-35-28-14-10-21(17-26(28)30)9-12-24-13-11-22-5-2-4-8-27(22)32-24/h1,3,6-7,9-14,17,30H,2,4-5,8,15-16,18-20H2,(H,33,34). The van der Waals surface area contributed by atoms with E-state index in [0.717, 1.165) is 54.0 Å². The lowest BCUT2D eigenvalue weighted by Gasteiger charge is -2.22. The number of benzene rings is 2. The molecule has 184 valence electrons. The van der Waals surface area contributed by atoms with Gasteiger partial charge in [0.05, 0.1) is 17.4 Å². The number of pyridine rings is 1. The highest BCUT2D eigenvalue weighted by Gasteiger charge is 2.45. The largest absolute Gasteiger partial charge is 0.489 e. The molecule has 6 rings (SSSR count). The first-order valence-corrected chi connectivity index (χ1v) is 14.0. The number of thioether (sulfide) groups is 1. The average Bonchev–Trinajstić information content (AvgIpc) is 3.67. The van der Waals surface area contributed by atoms with Crippen LogP contribution in [-0.4, -0.2) is 21.8 Å². The molecule has 1 aromatic heterocycles. The summed E-state index contributed by atoms with van der Waals surface area (Å²) in [7, 11) is 0. The summed E-state index contributed by atoms with van der Waals surface area (Å²) in [4.78, 5) is 16.3. The number of rotatable bonds is 7. The third kappa shape index (κ3) is 4.94. The Hall–Kier alpha value is -3.05. The first-order valence-electron chi connectivity index (χ1n) is 12.9. The van der Waals surface area contributed by atoms with Gasteiger partial charge in [0.25, 0.3) is 0 Å². The van der Waals surface area contributed by atoms with Gasteiger partial charge < -0.3 is 9.84 Å². The molecule has 1 fully saturated rings. The van der Waals surface area contributed by atoms with Crippen LogP contribution in [-0.2, 0) is 24.2 Å². The van der Waals surface area contributed by atoms with Crippen molar-refractivity contribution in [3.63, 3.8) is 0 Å². The summed E-state index contributed by atoms with van der Waals surface area (Å²) < 4.78 is 6.25. The van der Waals surface area contributed by atoms with Gasteiger partial charge in [-0.2, -0.15) is 0 Å². The fourth-order valence-corrected chi connectivity index (χ4v) is 7.12. The summed E-state index contributed by atoms with van der Waals surface area (Å²) in [6, 6.07) is 19.3. The number of hydrogen-bond donors (Lipinski definition) is 1. The van der Waals surface area contributed by atoms with E-state index in [1.807, 2.05) is 11.8 Å². The first kappa shape index (κ1) is 23.4. The van der Waals surface area contributed by atoms with Gasteiger partial charge in [0, 0.05) is 17.0 Å². The van der Waals surface area contributed by atoms with Crippen LogP contribution in [0.5, 0.6) is 5.75 Å². The van der Waals surface area contributed by atoms with Crippen LogP contribution in [0.25, 0.3) is 12.2 Å². The predicted molar refractivity (Wildman–Crippen MR) is 145 cm³/mol. The molecule has 1 atom stereocenters. The van der Waals surface area contributed by atoms with Crippen molar-refractivity contribution in [2.75, 3.05) is 5.75 Å². The van der Waals surface area contributed by atoms with Crippen LogP contribution in [0.4, 0.5) is 0 Å². The summed E-state index contributed by atoms with van der Waals surface area (Å²) in [5.74, 6) is 1.06. The van der Waals surface area contributed by atoms with Crippen LogP contribution < -0.4 is 4.74 Å². The minimum Gasteiger partial charge on any atom is -0.489 e. The number of aromatic nitrogens is 1. The third-order valence-electron chi connectivity index (χ3n) is 7.72. The summed E-state index contributed by atoms with van der Waals surface area (Å²) in [5.41, 5.74) is 8.34. The Morgan fingerprint density at radius 2 is 1.89 bits per heavy atom. The molecule has 0 amide bonds. The topological polar surface area (TPSA) is 59.4 Å². The van der Waals surface area contributed by atoms with Gasteiger partial charge in [0.2, 0.25) is 0 Å². The predicted octanol–water partition coefficient (Wildman–Crippen LogP) is 7.10. The van der Waals surface area contributed by atoms with Gasteiger partial charge in [-0.25, -0.2) is 0 Å². The third-order valence-corrected chi connectivity index (χ3v) is 9.34. The highest BCUT2D eigenvalue weighted by molar-refractivity contribution is 7.99. The molecular formula is C31H31NO3S. The molecule has 1 N–H and O–H groups in total. The fourth-order valence-electron chi connectivity index (χ4n) is 5.43. The summed E-state index contributed by atoms with van der Waals surface area (Å²) in [6.45, 7) is 0.550. The Morgan fingerprint density at radius 1 is 1.03 bits per heavy atom. The van der Waals surface area contributed by atoms with Gasteiger partial charge in [0.1, 0.15) is 12.4 Å². The van der Waals surface area contributed by atoms with Crippen molar-refractivity contribution in [1.82, 2.24) is 4.98 Å². The zero-order valence-electron chi connectivity index (χ0n) is 20.4. The van der Waals surface area contributed by atoms with Crippen LogP contribution in [0.3, 0.4) is 0 Å². The first-order chi connectivity index (χ1) is 17.6. The van der Waals surface area contributed by atoms with Crippen molar-refractivity contribution in [3.05, 3.63) is 93.8 Å². The van der Waals surface area contributed by atoms with Gasteiger partial charge in [0.15, 0.2) is 0 Å². The number of nitrogens with zero attached hydrogens (tertiary/aromatic N) is 1. The maximum Gasteiger partial charge on any atom is 0.303 e. The molecule has 36 heavy (non-hydrogen) atoms. The number of carboxylic acids is 1. The molecule has 1 unspecified atom stereocenters. The fraction of sp³-hybridized carbons (Fsp3) is 0.355. The number of aryl methyl sites for hydroxylation is 2. The molecule has 2 heterocycles. The van der Waals surface area contributed by atoms with Crippen molar-refractivity contribution in [2.24, 2.45) is 5.41 Å². The number of ether oxygens (including phenoxy) is 1. The smallest absolute Gasteiger partial charge is 0.303 e. The monoisotopic (exact) mass is 497 g/mol. The van der Waals surface area contributed by atoms with E-state index in [-0.39, 0.29) is 17.1 Å². The second-order valence-corrected chi connectivity index (χ2v) is 11.5. The van der Waals surface area contributed by atoms with Gasteiger partial charge >= 0.3 is 5.97 Å². The molecule has 1 aliphatic heterocycles. The van der Waals surface area contributed by atoms with Gasteiger partial charge in [-0.3, -0.25) is 9.78 Å². The second-order valence-electron chi connectivity index (χ2n) is 10.4. The van der Waals surface area contributed by atoms with E-state index >= 15 is 0 Å². The van der Waals surface area contributed by atoms with Crippen molar-refractivity contribution >= 4 is 29.9 Å². The minimum absolute atomic E-state index is 0.0611. The Kier molecular flexibility index (Phi) is 6.34. The second kappa shape index (κ2) is 9.78. The Balaban J connectivity index is 1.30. The average molecular weight is 498 g/mol. The lowest BCUT2D eigenvalue weighted by atomic mass is 9.96. The number of fused-ring (bicyclic) bond motifs is 3. The molecule has 0 saturated heterocycles. The maximum absolute atomic E-state index is 11.4. The number of carbonyl (C=O) groups is 1. The Labute approximate surface area is 216 Å². The van der Waals surface area contributed by atoms with Crippen molar-refractivity contribution < 1.29 is 14.6 Å².